The molecule has 0 radical (unpaired) electrons. The maximum atomic E-state index is 13.3. The van der Waals surface area contributed by atoms with Crippen LogP contribution in [0.2, 0.25) is 0 Å². The van der Waals surface area contributed by atoms with Gasteiger partial charge in [0, 0.05) is 31.5 Å². The van der Waals surface area contributed by atoms with Crippen LogP contribution in [0.5, 0.6) is 0 Å². The number of nitrogens with one attached hydrogen (secondary N) is 1. The van der Waals surface area contributed by atoms with E-state index in [1.807, 2.05) is 13.8 Å². The lowest BCUT2D eigenvalue weighted by molar-refractivity contribution is -0.136. The number of benzene rings is 2. The van der Waals surface area contributed by atoms with Crippen LogP contribution in [0.3, 0.4) is 0 Å². The van der Waals surface area contributed by atoms with Crippen LogP contribution in [0.15, 0.2) is 48.5 Å². The summed E-state index contributed by atoms with van der Waals surface area (Å²) in [7, 11) is 1.71. The Morgan fingerprint density at radius 1 is 0.900 bits per heavy atom. The zero-order valence-corrected chi connectivity index (χ0v) is 18.0. The molecule has 0 aliphatic heterocycles. The summed E-state index contributed by atoms with van der Waals surface area (Å²) >= 11 is 0. The number of carbonyl (C=O) groups is 2. The Bertz CT molecular complexity index is 872. The first-order chi connectivity index (χ1) is 14.2. The van der Waals surface area contributed by atoms with Crippen molar-refractivity contribution >= 4 is 11.8 Å². The van der Waals surface area contributed by atoms with Crippen molar-refractivity contribution in [2.45, 2.75) is 39.7 Å². The standard InChI is InChI=1S/C24H30F2N2O2/c1-16(11-19-7-5-9-21(25)13-19)23(29)27-15-18(3)28(4)24(30)17(2)12-20-8-6-10-22(26)14-20/h5-10,13-14,16-18H,11-12,15H2,1-4H3,(H,27,29)/t16-,17-,18-/m1/s1. The van der Waals surface area contributed by atoms with E-state index in [9.17, 15) is 18.4 Å². The predicted molar refractivity (Wildman–Crippen MR) is 114 cm³/mol. The lowest BCUT2D eigenvalue weighted by atomic mass is 9.99. The molecule has 0 saturated heterocycles. The summed E-state index contributed by atoms with van der Waals surface area (Å²) in [6.07, 6.45) is 0.891. The number of amides is 2. The molecule has 30 heavy (non-hydrogen) atoms. The smallest absolute Gasteiger partial charge is 0.225 e. The van der Waals surface area contributed by atoms with Gasteiger partial charge < -0.3 is 10.2 Å². The number of rotatable bonds is 9. The monoisotopic (exact) mass is 416 g/mol. The van der Waals surface area contributed by atoms with Crippen molar-refractivity contribution in [2.75, 3.05) is 13.6 Å². The van der Waals surface area contributed by atoms with Crippen molar-refractivity contribution in [3.63, 3.8) is 0 Å². The van der Waals surface area contributed by atoms with Crippen LogP contribution >= 0.6 is 0 Å². The van der Waals surface area contributed by atoms with E-state index < -0.39 is 0 Å². The molecule has 3 atom stereocenters. The number of nitrogens with zero attached hydrogens (tertiary/aromatic N) is 1. The lowest BCUT2D eigenvalue weighted by Gasteiger charge is -2.28. The largest absolute Gasteiger partial charge is 0.354 e. The maximum absolute atomic E-state index is 13.3. The van der Waals surface area contributed by atoms with Crippen LogP contribution in [0.1, 0.15) is 31.9 Å². The molecule has 0 bridgehead atoms. The second-order valence-corrected chi connectivity index (χ2v) is 8.01. The van der Waals surface area contributed by atoms with E-state index >= 15 is 0 Å². The Labute approximate surface area is 177 Å². The number of halogens is 2. The summed E-state index contributed by atoms with van der Waals surface area (Å²) in [4.78, 5) is 26.7. The molecule has 2 rings (SSSR count). The summed E-state index contributed by atoms with van der Waals surface area (Å²) < 4.78 is 26.7. The Morgan fingerprint density at radius 3 is 1.90 bits per heavy atom. The fourth-order valence-corrected chi connectivity index (χ4v) is 3.34. The van der Waals surface area contributed by atoms with Gasteiger partial charge in [0.15, 0.2) is 0 Å². The summed E-state index contributed by atoms with van der Waals surface area (Å²) in [5.41, 5.74) is 1.54. The van der Waals surface area contributed by atoms with E-state index in [1.54, 1.807) is 43.1 Å². The van der Waals surface area contributed by atoms with Crippen LogP contribution in [-0.2, 0) is 22.4 Å². The zero-order chi connectivity index (χ0) is 22.3. The molecule has 0 saturated carbocycles. The highest BCUT2D eigenvalue weighted by Crippen LogP contribution is 2.14. The fraction of sp³-hybridized carbons (Fsp3) is 0.417. The van der Waals surface area contributed by atoms with Gasteiger partial charge in [-0.3, -0.25) is 9.59 Å². The Hall–Kier alpha value is -2.76. The first kappa shape index (κ1) is 23.5. The molecule has 2 amide bonds. The van der Waals surface area contributed by atoms with Crippen LogP contribution in [-0.4, -0.2) is 36.3 Å². The maximum Gasteiger partial charge on any atom is 0.225 e. The predicted octanol–water partition coefficient (Wildman–Crippen LogP) is 3.99. The summed E-state index contributed by atoms with van der Waals surface area (Å²) in [5.74, 6) is -1.45. The van der Waals surface area contributed by atoms with E-state index in [0.29, 0.717) is 19.4 Å². The second-order valence-electron chi connectivity index (χ2n) is 8.01. The van der Waals surface area contributed by atoms with E-state index in [2.05, 4.69) is 5.32 Å². The molecule has 0 fully saturated rings. The molecule has 2 aromatic rings. The Kier molecular flexibility index (Phi) is 8.51. The minimum atomic E-state index is -0.318. The van der Waals surface area contributed by atoms with Crippen LogP contribution < -0.4 is 5.32 Å². The van der Waals surface area contributed by atoms with Crippen molar-refractivity contribution in [1.82, 2.24) is 10.2 Å². The molecular formula is C24H30F2N2O2. The zero-order valence-electron chi connectivity index (χ0n) is 18.0. The van der Waals surface area contributed by atoms with Crippen LogP contribution in [0, 0.1) is 23.5 Å². The van der Waals surface area contributed by atoms with E-state index in [-0.39, 0.29) is 41.3 Å². The highest BCUT2D eigenvalue weighted by atomic mass is 19.1. The third-order valence-corrected chi connectivity index (χ3v) is 5.31. The normalized spacial score (nSPS) is 13.9. The summed E-state index contributed by atoms with van der Waals surface area (Å²) in [6.45, 7) is 5.79. The van der Waals surface area contributed by atoms with Gasteiger partial charge in [0.2, 0.25) is 11.8 Å². The van der Waals surface area contributed by atoms with Crippen LogP contribution in [0.4, 0.5) is 8.78 Å². The SMILES string of the molecule is C[C@H](Cc1cccc(F)c1)C(=O)NC[C@@H](C)N(C)C(=O)[C@H](C)Cc1cccc(F)c1. The van der Waals surface area contributed by atoms with Gasteiger partial charge in [-0.25, -0.2) is 8.78 Å². The first-order valence-corrected chi connectivity index (χ1v) is 10.2. The van der Waals surface area contributed by atoms with Gasteiger partial charge in [-0.1, -0.05) is 38.1 Å². The van der Waals surface area contributed by atoms with Gasteiger partial charge in [0.1, 0.15) is 11.6 Å². The number of hydrogen-bond donors (Lipinski definition) is 1. The number of carbonyl (C=O) groups excluding carboxylic acids is 2. The number of hydrogen-bond acceptors (Lipinski definition) is 2. The molecule has 0 heterocycles. The third kappa shape index (κ3) is 6.94. The summed E-state index contributed by atoms with van der Waals surface area (Å²) in [5, 5.41) is 2.87. The van der Waals surface area contributed by atoms with Gasteiger partial charge in [0.25, 0.3) is 0 Å². The van der Waals surface area contributed by atoms with Gasteiger partial charge in [0.05, 0.1) is 0 Å². The quantitative estimate of drug-likeness (QED) is 0.672. The highest BCUT2D eigenvalue weighted by Gasteiger charge is 2.23. The van der Waals surface area contributed by atoms with Crippen molar-refractivity contribution in [1.29, 1.82) is 0 Å². The lowest BCUT2D eigenvalue weighted by Crippen LogP contribution is -2.46. The highest BCUT2D eigenvalue weighted by molar-refractivity contribution is 5.80. The minimum Gasteiger partial charge on any atom is -0.354 e. The summed E-state index contributed by atoms with van der Waals surface area (Å²) in [6, 6.07) is 12.3. The van der Waals surface area contributed by atoms with Gasteiger partial charge in [-0.05, 0) is 55.2 Å². The Morgan fingerprint density at radius 2 is 1.40 bits per heavy atom. The molecule has 0 aliphatic rings. The van der Waals surface area contributed by atoms with Crippen molar-refractivity contribution in [3.8, 4) is 0 Å². The Balaban J connectivity index is 1.82. The van der Waals surface area contributed by atoms with Crippen molar-refractivity contribution in [2.24, 2.45) is 11.8 Å². The van der Waals surface area contributed by atoms with E-state index in [0.717, 1.165) is 11.1 Å². The molecule has 4 nitrogen and oxygen atoms in total. The topological polar surface area (TPSA) is 49.4 Å². The average molecular weight is 417 g/mol. The third-order valence-electron chi connectivity index (χ3n) is 5.31. The van der Waals surface area contributed by atoms with Crippen molar-refractivity contribution in [3.05, 3.63) is 71.3 Å². The molecule has 2 aromatic carbocycles. The van der Waals surface area contributed by atoms with Crippen molar-refractivity contribution < 1.29 is 18.4 Å². The van der Waals surface area contributed by atoms with Gasteiger partial charge in [-0.15, -0.1) is 0 Å². The average Bonchev–Trinajstić information content (AvgIpc) is 2.70. The molecule has 0 aromatic heterocycles. The molecular weight excluding hydrogens is 386 g/mol. The molecule has 0 aliphatic carbocycles. The van der Waals surface area contributed by atoms with Crippen LogP contribution in [0.25, 0.3) is 0 Å². The molecule has 0 spiro atoms. The van der Waals surface area contributed by atoms with Gasteiger partial charge >= 0.3 is 0 Å². The first-order valence-electron chi connectivity index (χ1n) is 10.2. The van der Waals surface area contributed by atoms with Gasteiger partial charge in [-0.2, -0.15) is 0 Å². The minimum absolute atomic E-state index is 0.0613. The fourth-order valence-electron chi connectivity index (χ4n) is 3.34. The number of likely N-dealkylation sites (N-methyl/N-ethyl adjacent to an activating group) is 1. The molecule has 6 heteroatoms. The molecule has 0 unspecified atom stereocenters. The van der Waals surface area contributed by atoms with E-state index in [4.69, 9.17) is 0 Å². The van der Waals surface area contributed by atoms with E-state index in [1.165, 1.54) is 24.3 Å². The molecule has 1 N–H and O–H groups in total. The molecule has 162 valence electrons. The second kappa shape index (κ2) is 10.9.